The van der Waals surface area contributed by atoms with Crippen LogP contribution in [0.15, 0.2) is 32.9 Å². The van der Waals surface area contributed by atoms with Crippen LogP contribution in [0, 0.1) is 6.92 Å². The maximum Gasteiger partial charge on any atom is 0.238 e. The summed E-state index contributed by atoms with van der Waals surface area (Å²) in [5, 5.41) is 7.25. The predicted molar refractivity (Wildman–Crippen MR) is 91.1 cm³/mol. The SMILES string of the molecule is Cc1c(N(C)Cc2cc(Br)cs2)cc(N)cc1S(N)(=O)=O. The Morgan fingerprint density at radius 2 is 2.00 bits per heavy atom. The Hall–Kier alpha value is -1.09. The summed E-state index contributed by atoms with van der Waals surface area (Å²) in [5.74, 6) is 0. The first kappa shape index (κ1) is 16.3. The molecule has 21 heavy (non-hydrogen) atoms. The molecule has 1 aromatic carbocycles. The summed E-state index contributed by atoms with van der Waals surface area (Å²) in [5.41, 5.74) is 7.54. The van der Waals surface area contributed by atoms with Crippen molar-refractivity contribution < 1.29 is 8.42 Å². The molecule has 0 atom stereocenters. The minimum absolute atomic E-state index is 0.0664. The number of nitrogen functional groups attached to an aromatic ring is 1. The van der Waals surface area contributed by atoms with Crippen molar-refractivity contribution in [2.75, 3.05) is 17.7 Å². The number of nitrogens with two attached hydrogens (primary N) is 2. The van der Waals surface area contributed by atoms with E-state index in [0.29, 0.717) is 17.8 Å². The summed E-state index contributed by atoms with van der Waals surface area (Å²) < 4.78 is 24.3. The molecule has 0 aliphatic carbocycles. The molecule has 5 nitrogen and oxygen atoms in total. The topological polar surface area (TPSA) is 89.4 Å². The molecule has 0 saturated carbocycles. The van der Waals surface area contributed by atoms with Gasteiger partial charge in [0.05, 0.1) is 11.4 Å². The van der Waals surface area contributed by atoms with Crippen LogP contribution in [-0.2, 0) is 16.6 Å². The normalized spacial score (nSPS) is 11.6. The van der Waals surface area contributed by atoms with Gasteiger partial charge in [0.25, 0.3) is 0 Å². The fourth-order valence-electron chi connectivity index (χ4n) is 2.14. The van der Waals surface area contributed by atoms with E-state index in [1.54, 1.807) is 24.3 Å². The number of thiophene rings is 1. The highest BCUT2D eigenvalue weighted by Gasteiger charge is 2.18. The molecule has 114 valence electrons. The average Bonchev–Trinajstić information content (AvgIpc) is 2.75. The molecule has 0 aliphatic rings. The molecule has 0 bridgehead atoms. The zero-order valence-electron chi connectivity index (χ0n) is 11.6. The number of hydrogen-bond donors (Lipinski definition) is 2. The highest BCUT2D eigenvalue weighted by Crippen LogP contribution is 2.30. The van der Waals surface area contributed by atoms with Gasteiger partial charge in [0.2, 0.25) is 10.0 Å². The van der Waals surface area contributed by atoms with Crippen molar-refractivity contribution >= 4 is 48.7 Å². The summed E-state index contributed by atoms with van der Waals surface area (Å²) in [7, 11) is -1.90. The molecule has 0 saturated heterocycles. The molecule has 0 radical (unpaired) electrons. The second kappa shape index (κ2) is 5.96. The van der Waals surface area contributed by atoms with E-state index in [1.807, 2.05) is 23.4 Å². The van der Waals surface area contributed by atoms with E-state index in [1.165, 1.54) is 6.07 Å². The predicted octanol–water partition coefficient (Wildman–Crippen LogP) is 2.69. The molecule has 0 spiro atoms. The van der Waals surface area contributed by atoms with Crippen molar-refractivity contribution in [2.24, 2.45) is 5.14 Å². The van der Waals surface area contributed by atoms with Crippen molar-refractivity contribution in [2.45, 2.75) is 18.4 Å². The van der Waals surface area contributed by atoms with E-state index < -0.39 is 10.0 Å². The third-order valence-corrected chi connectivity index (χ3v) is 5.81. The molecule has 0 amide bonds. The van der Waals surface area contributed by atoms with Crippen LogP contribution in [0.3, 0.4) is 0 Å². The summed E-state index contributed by atoms with van der Waals surface area (Å²) in [6.07, 6.45) is 0. The second-order valence-electron chi connectivity index (χ2n) is 4.80. The van der Waals surface area contributed by atoms with Gasteiger partial charge in [-0.3, -0.25) is 0 Å². The zero-order chi connectivity index (χ0) is 15.8. The van der Waals surface area contributed by atoms with Crippen LogP contribution in [0.1, 0.15) is 10.4 Å². The van der Waals surface area contributed by atoms with E-state index in [-0.39, 0.29) is 4.90 Å². The monoisotopic (exact) mass is 389 g/mol. The Morgan fingerprint density at radius 3 is 2.52 bits per heavy atom. The summed E-state index contributed by atoms with van der Waals surface area (Å²) >= 11 is 5.05. The van der Waals surface area contributed by atoms with Gasteiger partial charge in [-0.25, -0.2) is 13.6 Å². The highest BCUT2D eigenvalue weighted by atomic mass is 79.9. The standard InChI is InChI=1S/C13H16BrN3O2S2/c1-8-12(4-10(15)5-13(8)21(16,18)19)17(2)6-11-3-9(14)7-20-11/h3-5,7H,6,15H2,1-2H3,(H2,16,18,19). The lowest BCUT2D eigenvalue weighted by Gasteiger charge is -2.22. The van der Waals surface area contributed by atoms with Crippen LogP contribution in [0.2, 0.25) is 0 Å². The molecular weight excluding hydrogens is 374 g/mol. The van der Waals surface area contributed by atoms with Crippen molar-refractivity contribution in [3.05, 3.63) is 38.5 Å². The lowest BCUT2D eigenvalue weighted by Crippen LogP contribution is -2.20. The molecule has 0 unspecified atom stereocenters. The Balaban J connectivity index is 2.41. The molecule has 0 aliphatic heterocycles. The molecular formula is C13H16BrN3O2S2. The van der Waals surface area contributed by atoms with Gasteiger partial charge in [-0.05, 0) is 46.6 Å². The minimum Gasteiger partial charge on any atom is -0.399 e. The van der Waals surface area contributed by atoms with Crippen LogP contribution in [0.5, 0.6) is 0 Å². The first-order valence-electron chi connectivity index (χ1n) is 6.05. The number of rotatable bonds is 4. The fraction of sp³-hybridized carbons (Fsp3) is 0.231. The first-order valence-corrected chi connectivity index (χ1v) is 9.27. The maximum atomic E-state index is 11.6. The largest absolute Gasteiger partial charge is 0.399 e. The van der Waals surface area contributed by atoms with Gasteiger partial charge in [-0.1, -0.05) is 0 Å². The van der Waals surface area contributed by atoms with Crippen LogP contribution in [0.4, 0.5) is 11.4 Å². The van der Waals surface area contributed by atoms with Crippen LogP contribution < -0.4 is 15.8 Å². The van der Waals surface area contributed by atoms with Gasteiger partial charge >= 0.3 is 0 Å². The third-order valence-electron chi connectivity index (χ3n) is 3.09. The molecule has 1 aromatic heterocycles. The first-order chi connectivity index (χ1) is 9.68. The number of halogens is 1. The summed E-state index contributed by atoms with van der Waals surface area (Å²) in [6.45, 7) is 2.39. The Morgan fingerprint density at radius 1 is 1.33 bits per heavy atom. The van der Waals surface area contributed by atoms with E-state index in [0.717, 1.165) is 15.0 Å². The van der Waals surface area contributed by atoms with E-state index in [2.05, 4.69) is 15.9 Å². The van der Waals surface area contributed by atoms with Crippen molar-refractivity contribution in [3.63, 3.8) is 0 Å². The number of sulfonamides is 1. The van der Waals surface area contributed by atoms with Gasteiger partial charge in [-0.15, -0.1) is 11.3 Å². The van der Waals surface area contributed by atoms with Crippen molar-refractivity contribution in [1.29, 1.82) is 0 Å². The number of hydrogen-bond acceptors (Lipinski definition) is 5. The minimum atomic E-state index is -3.79. The van der Waals surface area contributed by atoms with Gasteiger partial charge in [0.1, 0.15) is 0 Å². The van der Waals surface area contributed by atoms with Crippen molar-refractivity contribution in [1.82, 2.24) is 0 Å². The van der Waals surface area contributed by atoms with Crippen LogP contribution >= 0.6 is 27.3 Å². The number of benzene rings is 1. The van der Waals surface area contributed by atoms with E-state index in [4.69, 9.17) is 10.9 Å². The maximum absolute atomic E-state index is 11.6. The van der Waals surface area contributed by atoms with Gasteiger partial charge in [-0.2, -0.15) is 0 Å². The van der Waals surface area contributed by atoms with E-state index in [9.17, 15) is 8.42 Å². The third kappa shape index (κ3) is 3.76. The second-order valence-corrected chi connectivity index (χ2v) is 8.24. The Kier molecular flexibility index (Phi) is 4.62. The quantitative estimate of drug-likeness (QED) is 0.786. The highest BCUT2D eigenvalue weighted by molar-refractivity contribution is 9.10. The van der Waals surface area contributed by atoms with Gasteiger partial charge < -0.3 is 10.6 Å². The fourth-order valence-corrected chi connectivity index (χ4v) is 4.48. The molecule has 0 fully saturated rings. The zero-order valence-corrected chi connectivity index (χ0v) is 14.8. The summed E-state index contributed by atoms with van der Waals surface area (Å²) in [6, 6.07) is 5.18. The number of primary sulfonamides is 1. The van der Waals surface area contributed by atoms with Crippen LogP contribution in [-0.4, -0.2) is 15.5 Å². The van der Waals surface area contributed by atoms with Gasteiger partial charge in [0.15, 0.2) is 0 Å². The molecule has 4 N–H and O–H groups in total. The Labute approximate surface area is 136 Å². The molecule has 1 heterocycles. The van der Waals surface area contributed by atoms with Crippen molar-refractivity contribution in [3.8, 4) is 0 Å². The van der Waals surface area contributed by atoms with Crippen LogP contribution in [0.25, 0.3) is 0 Å². The lowest BCUT2D eigenvalue weighted by atomic mass is 10.1. The van der Waals surface area contributed by atoms with Gasteiger partial charge in [0, 0.05) is 33.2 Å². The van der Waals surface area contributed by atoms with E-state index >= 15 is 0 Å². The Bertz CT molecular complexity index is 772. The molecule has 8 heteroatoms. The summed E-state index contributed by atoms with van der Waals surface area (Å²) in [4.78, 5) is 3.18. The molecule has 2 aromatic rings. The number of anilines is 2. The number of nitrogens with zero attached hydrogens (tertiary/aromatic N) is 1. The average molecular weight is 390 g/mol. The molecule has 2 rings (SSSR count). The lowest BCUT2D eigenvalue weighted by molar-refractivity contribution is 0.597. The smallest absolute Gasteiger partial charge is 0.238 e.